The number of piperidine rings is 1. The van der Waals surface area contributed by atoms with Crippen molar-refractivity contribution in [1.82, 2.24) is 15.1 Å². The molecule has 212 valence electrons. The van der Waals surface area contributed by atoms with Crippen LogP contribution in [0.25, 0.3) is 0 Å². The first-order valence-corrected chi connectivity index (χ1v) is 13.9. The molecule has 0 spiro atoms. The lowest BCUT2D eigenvalue weighted by Crippen LogP contribution is -2.60. The SMILES string of the molecule is CC(C)[C@@H](NC(=O)C[C@H]1CCN(C(=O)OC(C)(C)C)C1)C(=O)N1CC[C@](O)(c2ccc(Cl)cc2)C(C)(C)C1. The molecule has 1 aromatic carbocycles. The number of benzene rings is 1. The molecule has 2 N–H and O–H groups in total. The second-order valence-electron chi connectivity index (χ2n) is 12.8. The van der Waals surface area contributed by atoms with Crippen LogP contribution in [0.3, 0.4) is 0 Å². The van der Waals surface area contributed by atoms with Gasteiger partial charge in [-0.05, 0) is 63.1 Å². The van der Waals surface area contributed by atoms with E-state index < -0.39 is 22.7 Å². The molecule has 3 atom stereocenters. The van der Waals surface area contributed by atoms with Crippen molar-refractivity contribution in [3.05, 3.63) is 34.9 Å². The number of carbonyl (C=O) groups is 3. The highest BCUT2D eigenvalue weighted by atomic mass is 35.5. The second kappa shape index (κ2) is 11.4. The number of carbonyl (C=O) groups excluding carboxylic acids is 3. The van der Waals surface area contributed by atoms with Crippen LogP contribution in [0.2, 0.25) is 5.02 Å². The maximum atomic E-state index is 13.6. The second-order valence-corrected chi connectivity index (χ2v) is 13.3. The van der Waals surface area contributed by atoms with Gasteiger partial charge in [0, 0.05) is 43.0 Å². The molecule has 0 radical (unpaired) electrons. The van der Waals surface area contributed by atoms with E-state index in [1.165, 1.54) is 0 Å². The van der Waals surface area contributed by atoms with Gasteiger partial charge in [-0.2, -0.15) is 0 Å². The molecule has 2 aliphatic rings. The van der Waals surface area contributed by atoms with Crippen LogP contribution in [0.15, 0.2) is 24.3 Å². The van der Waals surface area contributed by atoms with Crippen molar-refractivity contribution in [3.63, 3.8) is 0 Å². The highest BCUT2D eigenvalue weighted by molar-refractivity contribution is 6.30. The maximum Gasteiger partial charge on any atom is 0.410 e. The number of hydrogen-bond donors (Lipinski definition) is 2. The summed E-state index contributed by atoms with van der Waals surface area (Å²) in [5, 5.41) is 15.2. The first-order valence-electron chi connectivity index (χ1n) is 13.6. The summed E-state index contributed by atoms with van der Waals surface area (Å²) in [5.74, 6) is -0.411. The van der Waals surface area contributed by atoms with Crippen molar-refractivity contribution in [2.75, 3.05) is 26.2 Å². The third kappa shape index (κ3) is 7.00. The Kier molecular flexibility index (Phi) is 9.09. The van der Waals surface area contributed by atoms with Gasteiger partial charge in [0.25, 0.3) is 0 Å². The fraction of sp³-hybridized carbons (Fsp3) is 0.690. The Morgan fingerprint density at radius 1 is 1.13 bits per heavy atom. The van der Waals surface area contributed by atoms with E-state index in [0.29, 0.717) is 37.6 Å². The van der Waals surface area contributed by atoms with E-state index in [-0.39, 0.29) is 36.2 Å². The normalized spacial score (nSPS) is 24.3. The number of ether oxygens (including phenoxy) is 1. The van der Waals surface area contributed by atoms with Gasteiger partial charge in [-0.1, -0.05) is 51.4 Å². The third-order valence-corrected chi connectivity index (χ3v) is 8.00. The monoisotopic (exact) mass is 549 g/mol. The average Bonchev–Trinajstić information content (AvgIpc) is 3.26. The summed E-state index contributed by atoms with van der Waals surface area (Å²) in [6.07, 6.45) is 0.991. The molecule has 9 heteroatoms. The lowest BCUT2D eigenvalue weighted by atomic mass is 9.66. The zero-order valence-corrected chi connectivity index (χ0v) is 24.6. The van der Waals surface area contributed by atoms with Gasteiger partial charge < -0.3 is 25.0 Å². The number of likely N-dealkylation sites (tertiary alicyclic amines) is 2. The highest BCUT2D eigenvalue weighted by Crippen LogP contribution is 2.46. The van der Waals surface area contributed by atoms with Crippen LogP contribution in [0.4, 0.5) is 4.79 Å². The number of aliphatic hydroxyl groups is 1. The summed E-state index contributed by atoms with van der Waals surface area (Å²) in [5.41, 5.74) is -1.50. The summed E-state index contributed by atoms with van der Waals surface area (Å²) in [7, 11) is 0. The van der Waals surface area contributed by atoms with Gasteiger partial charge in [0.1, 0.15) is 11.6 Å². The van der Waals surface area contributed by atoms with Gasteiger partial charge in [-0.3, -0.25) is 9.59 Å². The summed E-state index contributed by atoms with van der Waals surface area (Å²) in [6, 6.07) is 6.55. The number of halogens is 1. The molecule has 3 rings (SSSR count). The lowest BCUT2D eigenvalue weighted by molar-refractivity contribution is -0.156. The van der Waals surface area contributed by atoms with Crippen LogP contribution in [0, 0.1) is 17.3 Å². The average molecular weight is 550 g/mol. The molecular weight excluding hydrogens is 506 g/mol. The molecule has 2 saturated heterocycles. The Morgan fingerprint density at radius 2 is 1.76 bits per heavy atom. The van der Waals surface area contributed by atoms with Crippen LogP contribution >= 0.6 is 11.6 Å². The van der Waals surface area contributed by atoms with Gasteiger partial charge in [-0.25, -0.2) is 4.79 Å². The van der Waals surface area contributed by atoms with Gasteiger partial charge in [-0.15, -0.1) is 0 Å². The number of nitrogens with one attached hydrogen (secondary N) is 1. The van der Waals surface area contributed by atoms with Gasteiger partial charge in [0.2, 0.25) is 11.8 Å². The van der Waals surface area contributed by atoms with Crippen LogP contribution in [-0.4, -0.2) is 70.6 Å². The lowest BCUT2D eigenvalue weighted by Gasteiger charge is -2.51. The van der Waals surface area contributed by atoms with Crippen molar-refractivity contribution in [2.24, 2.45) is 17.3 Å². The van der Waals surface area contributed by atoms with Crippen molar-refractivity contribution in [1.29, 1.82) is 0 Å². The Balaban J connectivity index is 1.60. The molecule has 0 saturated carbocycles. The molecule has 0 bridgehead atoms. The maximum absolute atomic E-state index is 13.6. The number of amides is 3. The van der Waals surface area contributed by atoms with Crippen molar-refractivity contribution in [3.8, 4) is 0 Å². The highest BCUT2D eigenvalue weighted by Gasteiger charge is 2.50. The predicted molar refractivity (Wildman–Crippen MR) is 148 cm³/mol. The van der Waals surface area contributed by atoms with Crippen LogP contribution < -0.4 is 5.32 Å². The quantitative estimate of drug-likeness (QED) is 0.541. The summed E-state index contributed by atoms with van der Waals surface area (Å²) in [4.78, 5) is 42.4. The van der Waals surface area contributed by atoms with E-state index in [2.05, 4.69) is 5.32 Å². The molecule has 1 aromatic rings. The molecule has 0 aromatic heterocycles. The minimum absolute atomic E-state index is 0.0220. The van der Waals surface area contributed by atoms with Crippen LogP contribution in [0.5, 0.6) is 0 Å². The Labute approximate surface area is 232 Å². The van der Waals surface area contributed by atoms with Crippen LogP contribution in [0.1, 0.15) is 73.3 Å². The summed E-state index contributed by atoms with van der Waals surface area (Å²) >= 11 is 6.04. The first-order chi connectivity index (χ1) is 17.5. The van der Waals surface area contributed by atoms with E-state index in [1.54, 1.807) is 21.9 Å². The third-order valence-electron chi connectivity index (χ3n) is 7.74. The fourth-order valence-corrected chi connectivity index (χ4v) is 5.59. The molecule has 8 nitrogen and oxygen atoms in total. The molecule has 0 unspecified atom stereocenters. The first kappa shape index (κ1) is 30.2. The minimum Gasteiger partial charge on any atom is -0.444 e. The Bertz CT molecular complexity index is 1020. The number of rotatable bonds is 6. The number of hydrogen-bond acceptors (Lipinski definition) is 5. The van der Waals surface area contributed by atoms with Crippen molar-refractivity contribution < 1.29 is 24.2 Å². The molecule has 2 aliphatic heterocycles. The Hall–Kier alpha value is -2.32. The van der Waals surface area contributed by atoms with Crippen molar-refractivity contribution >= 4 is 29.5 Å². The Morgan fingerprint density at radius 3 is 2.32 bits per heavy atom. The van der Waals surface area contributed by atoms with E-state index >= 15 is 0 Å². The zero-order valence-electron chi connectivity index (χ0n) is 23.8. The van der Waals surface area contributed by atoms with Gasteiger partial charge in [0.05, 0.1) is 5.60 Å². The molecular formula is C29H44ClN3O5. The largest absolute Gasteiger partial charge is 0.444 e. The minimum atomic E-state index is -1.10. The summed E-state index contributed by atoms with van der Waals surface area (Å²) < 4.78 is 5.45. The van der Waals surface area contributed by atoms with Gasteiger partial charge >= 0.3 is 6.09 Å². The van der Waals surface area contributed by atoms with Crippen LogP contribution in [-0.2, 0) is 19.9 Å². The van der Waals surface area contributed by atoms with E-state index in [0.717, 1.165) is 12.0 Å². The van der Waals surface area contributed by atoms with Crippen molar-refractivity contribution in [2.45, 2.75) is 85.0 Å². The summed E-state index contributed by atoms with van der Waals surface area (Å²) in [6.45, 7) is 15.0. The standard InChI is InChI=1S/C29H44ClN3O5/c1-19(2)24(31-23(34)16-20-12-14-32(17-20)26(36)38-27(3,4)5)25(35)33-15-13-29(37,28(6,7)18-33)21-8-10-22(30)11-9-21/h8-11,19-20,24,37H,12-18H2,1-7H3,(H,31,34)/t20-,24-,29+/m1/s1. The van der Waals surface area contributed by atoms with E-state index in [9.17, 15) is 19.5 Å². The van der Waals surface area contributed by atoms with Gasteiger partial charge in [0.15, 0.2) is 0 Å². The zero-order chi connectivity index (χ0) is 28.5. The predicted octanol–water partition coefficient (Wildman–Crippen LogP) is 4.57. The molecule has 0 aliphatic carbocycles. The van der Waals surface area contributed by atoms with E-state index in [1.807, 2.05) is 60.6 Å². The number of nitrogens with zero attached hydrogens (tertiary/aromatic N) is 2. The molecule has 2 fully saturated rings. The van der Waals surface area contributed by atoms with E-state index in [4.69, 9.17) is 16.3 Å². The molecule has 2 heterocycles. The molecule has 3 amide bonds. The topological polar surface area (TPSA) is 99.2 Å². The molecule has 38 heavy (non-hydrogen) atoms. The smallest absolute Gasteiger partial charge is 0.410 e. The fourth-order valence-electron chi connectivity index (χ4n) is 5.47.